The maximum absolute atomic E-state index is 12.6. The van der Waals surface area contributed by atoms with Crippen molar-refractivity contribution in [1.29, 1.82) is 0 Å². The quantitative estimate of drug-likeness (QED) is 0.544. The van der Waals surface area contributed by atoms with Gasteiger partial charge in [0.25, 0.3) is 0 Å². The molecule has 0 fully saturated rings. The smallest absolute Gasteiger partial charge is 0.416 e. The molecule has 0 amide bonds. The van der Waals surface area contributed by atoms with Crippen LogP contribution >= 0.6 is 0 Å². The van der Waals surface area contributed by atoms with Gasteiger partial charge in [0.15, 0.2) is 0 Å². The van der Waals surface area contributed by atoms with Crippen LogP contribution in [0.2, 0.25) is 0 Å². The first kappa shape index (κ1) is 19.5. The van der Waals surface area contributed by atoms with Crippen molar-refractivity contribution in [2.24, 2.45) is 0 Å². The number of aromatic nitrogens is 3. The van der Waals surface area contributed by atoms with Crippen molar-refractivity contribution >= 4 is 0 Å². The highest BCUT2D eigenvalue weighted by atomic mass is 19.4. The van der Waals surface area contributed by atoms with E-state index in [1.54, 1.807) is 10.9 Å². The third-order valence-corrected chi connectivity index (χ3v) is 3.70. The average Bonchev–Trinajstić information content (AvgIpc) is 3.14. The molecule has 5 nitrogen and oxygen atoms in total. The molecule has 3 aromatic rings. The number of rotatable bonds is 7. The standard InChI is InChI=1S/C20H18F3N3O2/c1-14(2)12-27-19-9-5-17(6-10-19)26-11-16(24-25-26)13-28-18-7-3-15(4-8-18)20(21,22)23/h3-11H,1,12-13H2,2H3. The van der Waals surface area contributed by atoms with Crippen LogP contribution in [0.1, 0.15) is 18.2 Å². The molecule has 0 spiro atoms. The summed E-state index contributed by atoms with van der Waals surface area (Å²) in [7, 11) is 0. The molecular formula is C20H18F3N3O2. The van der Waals surface area contributed by atoms with Crippen molar-refractivity contribution in [3.63, 3.8) is 0 Å². The lowest BCUT2D eigenvalue weighted by molar-refractivity contribution is -0.137. The van der Waals surface area contributed by atoms with Crippen molar-refractivity contribution < 1.29 is 22.6 Å². The number of alkyl halides is 3. The minimum absolute atomic E-state index is 0.0885. The van der Waals surface area contributed by atoms with Crippen molar-refractivity contribution in [3.8, 4) is 17.2 Å². The summed E-state index contributed by atoms with van der Waals surface area (Å²) in [5.41, 5.74) is 1.54. The zero-order valence-corrected chi connectivity index (χ0v) is 15.1. The highest BCUT2D eigenvalue weighted by molar-refractivity contribution is 5.37. The van der Waals surface area contributed by atoms with E-state index in [0.29, 0.717) is 18.1 Å². The second kappa shape index (κ2) is 8.16. The lowest BCUT2D eigenvalue weighted by Crippen LogP contribution is -2.04. The number of halogens is 3. The molecule has 0 aliphatic rings. The molecule has 0 bridgehead atoms. The third kappa shape index (κ3) is 5.12. The predicted octanol–water partition coefficient (Wildman–Crippen LogP) is 4.82. The van der Waals surface area contributed by atoms with Crippen LogP contribution in [0, 0.1) is 0 Å². The van der Waals surface area contributed by atoms with Gasteiger partial charge in [0, 0.05) is 0 Å². The number of hydrogen-bond acceptors (Lipinski definition) is 4. The van der Waals surface area contributed by atoms with Gasteiger partial charge in [-0.25, -0.2) is 4.68 Å². The first-order valence-corrected chi connectivity index (χ1v) is 8.40. The Morgan fingerprint density at radius 3 is 2.21 bits per heavy atom. The van der Waals surface area contributed by atoms with Gasteiger partial charge in [-0.1, -0.05) is 11.8 Å². The molecule has 1 heterocycles. The van der Waals surface area contributed by atoms with Gasteiger partial charge in [0.2, 0.25) is 0 Å². The summed E-state index contributed by atoms with van der Waals surface area (Å²) >= 11 is 0. The van der Waals surface area contributed by atoms with E-state index in [1.165, 1.54) is 12.1 Å². The Bertz CT molecular complexity index is 933. The Hall–Kier alpha value is -3.29. The van der Waals surface area contributed by atoms with Crippen molar-refractivity contribution in [3.05, 3.63) is 78.1 Å². The lowest BCUT2D eigenvalue weighted by Gasteiger charge is -2.08. The molecule has 0 N–H and O–H groups in total. The van der Waals surface area contributed by atoms with Gasteiger partial charge in [-0.15, -0.1) is 5.10 Å². The SMILES string of the molecule is C=C(C)COc1ccc(-n2cc(COc3ccc(C(F)(F)F)cc3)nn2)cc1. The van der Waals surface area contributed by atoms with Crippen LogP contribution in [-0.2, 0) is 12.8 Å². The van der Waals surface area contributed by atoms with Gasteiger partial charge in [-0.05, 0) is 61.0 Å². The van der Waals surface area contributed by atoms with Crippen LogP contribution in [-0.4, -0.2) is 21.6 Å². The molecule has 0 aliphatic heterocycles. The highest BCUT2D eigenvalue weighted by Crippen LogP contribution is 2.30. The topological polar surface area (TPSA) is 49.2 Å². The first-order valence-electron chi connectivity index (χ1n) is 8.40. The van der Waals surface area contributed by atoms with Gasteiger partial charge < -0.3 is 9.47 Å². The van der Waals surface area contributed by atoms with E-state index in [4.69, 9.17) is 9.47 Å². The summed E-state index contributed by atoms with van der Waals surface area (Å²) < 4.78 is 50.3. The zero-order chi connectivity index (χ0) is 20.1. The molecule has 0 saturated heterocycles. The van der Waals surface area contributed by atoms with Crippen LogP contribution in [0.3, 0.4) is 0 Å². The van der Waals surface area contributed by atoms with Crippen LogP contribution in [0.5, 0.6) is 11.5 Å². The number of benzene rings is 2. The fourth-order valence-corrected chi connectivity index (χ4v) is 2.29. The molecular weight excluding hydrogens is 371 g/mol. The molecule has 0 saturated carbocycles. The summed E-state index contributed by atoms with van der Waals surface area (Å²) in [5.74, 6) is 1.04. The molecule has 0 aliphatic carbocycles. The Morgan fingerprint density at radius 1 is 1.00 bits per heavy atom. The van der Waals surface area contributed by atoms with E-state index >= 15 is 0 Å². The number of hydrogen-bond donors (Lipinski definition) is 0. The van der Waals surface area contributed by atoms with Crippen LogP contribution in [0.15, 0.2) is 66.9 Å². The normalized spacial score (nSPS) is 11.3. The monoisotopic (exact) mass is 389 g/mol. The van der Waals surface area contributed by atoms with E-state index in [-0.39, 0.29) is 6.61 Å². The molecule has 0 unspecified atom stereocenters. The van der Waals surface area contributed by atoms with Crippen molar-refractivity contribution in [1.82, 2.24) is 15.0 Å². The summed E-state index contributed by atoms with van der Waals surface area (Å²) in [5, 5.41) is 8.04. The van der Waals surface area contributed by atoms with Gasteiger partial charge in [-0.2, -0.15) is 13.2 Å². The zero-order valence-electron chi connectivity index (χ0n) is 15.1. The molecule has 28 heavy (non-hydrogen) atoms. The molecule has 0 radical (unpaired) electrons. The van der Waals surface area contributed by atoms with Crippen LogP contribution in [0.25, 0.3) is 5.69 Å². The van der Waals surface area contributed by atoms with E-state index < -0.39 is 11.7 Å². The van der Waals surface area contributed by atoms with E-state index in [9.17, 15) is 13.2 Å². The van der Waals surface area contributed by atoms with E-state index in [2.05, 4.69) is 16.9 Å². The second-order valence-electron chi connectivity index (χ2n) is 6.20. The van der Waals surface area contributed by atoms with Crippen molar-refractivity contribution in [2.45, 2.75) is 19.7 Å². The maximum Gasteiger partial charge on any atom is 0.416 e. The van der Waals surface area contributed by atoms with Gasteiger partial charge in [0.1, 0.15) is 30.4 Å². The first-order chi connectivity index (χ1) is 13.3. The Morgan fingerprint density at radius 2 is 1.61 bits per heavy atom. The molecule has 8 heteroatoms. The number of ether oxygens (including phenoxy) is 2. The summed E-state index contributed by atoms with van der Waals surface area (Å²) in [6.07, 6.45) is -2.68. The molecule has 3 rings (SSSR count). The van der Waals surface area contributed by atoms with E-state index in [1.807, 2.05) is 31.2 Å². The maximum atomic E-state index is 12.6. The van der Waals surface area contributed by atoms with Crippen LogP contribution in [0.4, 0.5) is 13.2 Å². The van der Waals surface area contributed by atoms with Crippen LogP contribution < -0.4 is 9.47 Å². The van der Waals surface area contributed by atoms with Gasteiger partial charge in [-0.3, -0.25) is 0 Å². The number of nitrogens with zero attached hydrogens (tertiary/aromatic N) is 3. The molecule has 0 atom stereocenters. The van der Waals surface area contributed by atoms with Gasteiger partial charge in [0.05, 0.1) is 17.4 Å². The average molecular weight is 389 g/mol. The minimum atomic E-state index is -4.37. The highest BCUT2D eigenvalue weighted by Gasteiger charge is 2.30. The molecule has 1 aromatic heterocycles. The van der Waals surface area contributed by atoms with E-state index in [0.717, 1.165) is 29.1 Å². The summed E-state index contributed by atoms with van der Waals surface area (Å²) in [6, 6.07) is 11.8. The largest absolute Gasteiger partial charge is 0.489 e. The Labute approximate surface area is 160 Å². The Kier molecular flexibility index (Phi) is 5.67. The van der Waals surface area contributed by atoms with Gasteiger partial charge >= 0.3 is 6.18 Å². The summed E-state index contributed by atoms with van der Waals surface area (Å²) in [4.78, 5) is 0. The predicted molar refractivity (Wildman–Crippen MR) is 97.4 cm³/mol. The minimum Gasteiger partial charge on any atom is -0.489 e. The fraction of sp³-hybridized carbons (Fsp3) is 0.200. The van der Waals surface area contributed by atoms with Crippen molar-refractivity contribution in [2.75, 3.05) is 6.61 Å². The summed E-state index contributed by atoms with van der Waals surface area (Å²) in [6.45, 7) is 6.21. The molecule has 2 aromatic carbocycles. The Balaban J connectivity index is 1.59. The second-order valence-corrected chi connectivity index (χ2v) is 6.20. The lowest BCUT2D eigenvalue weighted by atomic mass is 10.2. The fourth-order valence-electron chi connectivity index (χ4n) is 2.29. The molecule has 146 valence electrons. The third-order valence-electron chi connectivity index (χ3n) is 3.70.